The van der Waals surface area contributed by atoms with Gasteiger partial charge in [0.15, 0.2) is 0 Å². The Morgan fingerprint density at radius 2 is 2.09 bits per heavy atom. The van der Waals surface area contributed by atoms with E-state index in [9.17, 15) is 23.1 Å². The maximum atomic E-state index is 12.7. The average Bonchev–Trinajstić information content (AvgIpc) is 3.32. The Morgan fingerprint density at radius 3 is 2.72 bits per heavy atom. The van der Waals surface area contributed by atoms with E-state index in [1.807, 2.05) is 40.9 Å². The maximum absolute atomic E-state index is 12.7. The summed E-state index contributed by atoms with van der Waals surface area (Å²) < 4.78 is 39.9. The minimum absolute atomic E-state index is 0.255. The highest BCUT2D eigenvalue weighted by atomic mass is 19.4. The number of nitrogens with zero attached hydrogens (tertiary/aromatic N) is 3. The van der Waals surface area contributed by atoms with Gasteiger partial charge in [0.2, 0.25) is 0 Å². The zero-order chi connectivity index (χ0) is 23.0. The fraction of sp³-hybridized carbons (Fsp3) is 0.364. The quantitative estimate of drug-likeness (QED) is 0.615. The van der Waals surface area contributed by atoms with E-state index in [-0.39, 0.29) is 6.54 Å². The first-order valence-electron chi connectivity index (χ1n) is 10.3. The van der Waals surface area contributed by atoms with Crippen LogP contribution in [0.5, 0.6) is 0 Å². The molecule has 0 spiro atoms. The number of allylic oxidation sites excluding steroid dienone is 3. The number of fused-ring (bicyclic) bond motifs is 1. The van der Waals surface area contributed by atoms with Gasteiger partial charge in [-0.15, -0.1) is 0 Å². The Balaban J connectivity index is 1.78. The van der Waals surface area contributed by atoms with E-state index >= 15 is 0 Å². The normalized spacial score (nSPS) is 17.1. The lowest BCUT2D eigenvalue weighted by Gasteiger charge is -2.20. The Bertz CT molecular complexity index is 1160. The molecule has 0 unspecified atom stereocenters. The predicted octanol–water partition coefficient (Wildman–Crippen LogP) is 4.23. The Hall–Kier alpha value is -3.27. The topological polar surface area (TPSA) is 82.4 Å². The number of carboxylic acids is 1. The van der Waals surface area contributed by atoms with E-state index in [0.29, 0.717) is 41.7 Å². The van der Waals surface area contributed by atoms with Crippen LogP contribution in [0.4, 0.5) is 18.9 Å². The maximum Gasteiger partial charge on any atom is 0.390 e. The van der Waals surface area contributed by atoms with Gasteiger partial charge in [-0.05, 0) is 49.6 Å². The Kier molecular flexibility index (Phi) is 5.72. The Morgan fingerprint density at radius 1 is 1.31 bits per heavy atom. The van der Waals surface area contributed by atoms with E-state index in [1.54, 1.807) is 13.3 Å². The molecule has 4 rings (SSSR count). The number of nitrogens with one attached hydrogen (secondary N) is 2. The molecule has 7 nitrogen and oxygen atoms in total. The first kappa shape index (κ1) is 21.9. The molecule has 2 aliphatic rings. The number of hydrogen-bond acceptors (Lipinski definition) is 5. The number of halogens is 3. The monoisotopic (exact) mass is 447 g/mol. The van der Waals surface area contributed by atoms with Gasteiger partial charge < -0.3 is 20.0 Å². The molecule has 3 N–H and O–H groups in total. The van der Waals surface area contributed by atoms with Crippen molar-refractivity contribution in [3.63, 3.8) is 0 Å². The molecule has 10 heteroatoms. The predicted molar refractivity (Wildman–Crippen MR) is 116 cm³/mol. The molecule has 1 aliphatic heterocycles. The van der Waals surface area contributed by atoms with Crippen LogP contribution in [-0.2, 0) is 4.79 Å². The molecule has 170 valence electrons. The molecule has 0 radical (unpaired) electrons. The number of hydrazine groups is 1. The molecule has 2 heterocycles. The third-order valence-electron chi connectivity index (χ3n) is 5.71. The van der Waals surface area contributed by atoms with Crippen LogP contribution in [0.25, 0.3) is 22.4 Å². The number of aliphatic carboxylic acids is 1. The zero-order valence-corrected chi connectivity index (χ0v) is 17.8. The molecular weight excluding hydrogens is 423 g/mol. The summed E-state index contributed by atoms with van der Waals surface area (Å²) in [5, 5.41) is 14.1. The summed E-state index contributed by atoms with van der Waals surface area (Å²) in [4.78, 5) is 15.9. The highest BCUT2D eigenvalue weighted by Crippen LogP contribution is 2.34. The third-order valence-corrected chi connectivity index (χ3v) is 5.71. The van der Waals surface area contributed by atoms with E-state index in [0.717, 1.165) is 22.5 Å². The van der Waals surface area contributed by atoms with Crippen LogP contribution in [0.15, 0.2) is 41.8 Å². The van der Waals surface area contributed by atoms with Crippen molar-refractivity contribution < 1.29 is 23.1 Å². The molecule has 2 aromatic rings. The summed E-state index contributed by atoms with van der Waals surface area (Å²) in [7, 11) is 1.88. The summed E-state index contributed by atoms with van der Waals surface area (Å²) in [5.41, 5.74) is 8.72. The van der Waals surface area contributed by atoms with Crippen molar-refractivity contribution in [3.05, 3.63) is 47.3 Å². The second kappa shape index (κ2) is 8.34. The van der Waals surface area contributed by atoms with Crippen LogP contribution in [0.3, 0.4) is 0 Å². The number of hydrogen-bond donors (Lipinski definition) is 3. The second-order valence-electron chi connectivity index (χ2n) is 7.91. The molecule has 0 bridgehead atoms. The van der Waals surface area contributed by atoms with Gasteiger partial charge in [0.05, 0.1) is 23.3 Å². The number of aromatic nitrogens is 2. The van der Waals surface area contributed by atoms with Gasteiger partial charge >= 0.3 is 12.1 Å². The van der Waals surface area contributed by atoms with Crippen LogP contribution in [-0.4, -0.2) is 51.9 Å². The van der Waals surface area contributed by atoms with Gasteiger partial charge in [-0.1, -0.05) is 0 Å². The van der Waals surface area contributed by atoms with Gasteiger partial charge in [0, 0.05) is 37.0 Å². The van der Waals surface area contributed by atoms with Crippen LogP contribution < -0.4 is 10.7 Å². The lowest BCUT2D eigenvalue weighted by molar-refractivity contribution is -0.133. The first-order valence-corrected chi connectivity index (χ1v) is 10.3. The number of benzene rings is 1. The molecule has 0 amide bonds. The minimum Gasteiger partial charge on any atom is -0.478 e. The number of carboxylic acid groups (broad SMARTS) is 1. The lowest BCUT2D eigenvalue weighted by atomic mass is 9.96. The summed E-state index contributed by atoms with van der Waals surface area (Å²) in [5.74, 6) is -0.921. The molecule has 0 saturated carbocycles. The average molecular weight is 447 g/mol. The number of alkyl halides is 3. The lowest BCUT2D eigenvalue weighted by Crippen LogP contribution is -2.26. The van der Waals surface area contributed by atoms with Gasteiger partial charge in [-0.3, -0.25) is 0 Å². The van der Waals surface area contributed by atoms with Crippen molar-refractivity contribution in [2.24, 2.45) is 0 Å². The summed E-state index contributed by atoms with van der Waals surface area (Å²) in [6, 6.07) is 3.77. The van der Waals surface area contributed by atoms with Crippen molar-refractivity contribution in [1.82, 2.24) is 20.0 Å². The van der Waals surface area contributed by atoms with Gasteiger partial charge in [0.25, 0.3) is 0 Å². The fourth-order valence-electron chi connectivity index (χ4n) is 4.10. The van der Waals surface area contributed by atoms with Crippen LogP contribution in [0.2, 0.25) is 0 Å². The third kappa shape index (κ3) is 4.36. The van der Waals surface area contributed by atoms with E-state index in [4.69, 9.17) is 0 Å². The molecule has 32 heavy (non-hydrogen) atoms. The first-order chi connectivity index (χ1) is 15.1. The highest BCUT2D eigenvalue weighted by Gasteiger charge is 2.27. The number of imidazole rings is 1. The number of rotatable bonds is 6. The van der Waals surface area contributed by atoms with Crippen molar-refractivity contribution >= 4 is 34.1 Å². The largest absolute Gasteiger partial charge is 0.478 e. The summed E-state index contributed by atoms with van der Waals surface area (Å²) in [6.45, 7) is 2.17. The molecule has 1 aliphatic carbocycles. The van der Waals surface area contributed by atoms with Crippen molar-refractivity contribution in [2.45, 2.75) is 32.4 Å². The molecule has 0 atom stereocenters. The van der Waals surface area contributed by atoms with Crippen molar-refractivity contribution in [3.8, 4) is 0 Å². The Labute approximate surface area is 182 Å². The van der Waals surface area contributed by atoms with E-state index in [1.165, 1.54) is 0 Å². The fourth-order valence-corrected chi connectivity index (χ4v) is 4.10. The summed E-state index contributed by atoms with van der Waals surface area (Å²) in [6.07, 6.45) is 1.21. The van der Waals surface area contributed by atoms with Gasteiger partial charge in [-0.25, -0.2) is 15.2 Å². The van der Waals surface area contributed by atoms with Crippen molar-refractivity contribution in [2.75, 3.05) is 25.5 Å². The van der Waals surface area contributed by atoms with E-state index in [2.05, 4.69) is 15.7 Å². The number of carbonyl (C=O) groups is 1. The summed E-state index contributed by atoms with van der Waals surface area (Å²) >= 11 is 0. The standard InChI is InChI=1S/C22H24F3N5O2/c1-13-9-15(3-4-16(13)21(31)32)30-12-27-20-17(26-8-6-22(23,24)25)10-14(11-19(20)30)18-5-7-28-29(18)2/h5,9-12,26,28H,3-4,6-8H2,1-2H3,(H,31,32). The minimum atomic E-state index is -4.25. The van der Waals surface area contributed by atoms with Crippen molar-refractivity contribution in [1.29, 1.82) is 0 Å². The highest BCUT2D eigenvalue weighted by molar-refractivity contribution is 5.94. The molecule has 1 aromatic carbocycles. The van der Waals surface area contributed by atoms with Gasteiger partial charge in [0.1, 0.15) is 11.8 Å². The van der Waals surface area contributed by atoms with Crippen LogP contribution >= 0.6 is 0 Å². The molecular formula is C22H24F3N5O2. The van der Waals surface area contributed by atoms with Crippen LogP contribution in [0.1, 0.15) is 31.7 Å². The molecule has 1 aromatic heterocycles. The molecule has 0 fully saturated rings. The van der Waals surface area contributed by atoms with Crippen LogP contribution in [0, 0.1) is 0 Å². The molecule has 0 saturated heterocycles. The number of anilines is 1. The van der Waals surface area contributed by atoms with Gasteiger partial charge in [-0.2, -0.15) is 13.2 Å². The zero-order valence-electron chi connectivity index (χ0n) is 17.8. The van der Waals surface area contributed by atoms with E-state index < -0.39 is 18.6 Å². The second-order valence-corrected chi connectivity index (χ2v) is 7.91. The SMILES string of the molecule is CC1=C(C(=O)O)CCC(n2cnc3c(NCCC(F)(F)F)cc(C4=CCNN4C)cc32)=C1. The smallest absolute Gasteiger partial charge is 0.390 e.